The van der Waals surface area contributed by atoms with Crippen LogP contribution in [0.2, 0.25) is 0 Å². The highest BCUT2D eigenvalue weighted by Gasteiger charge is 2.41. The van der Waals surface area contributed by atoms with Gasteiger partial charge in [-0.05, 0) is 19.1 Å². The lowest BCUT2D eigenvalue weighted by atomic mass is 9.92. The second-order valence-electron chi connectivity index (χ2n) is 7.54. The van der Waals surface area contributed by atoms with Crippen molar-refractivity contribution < 1.29 is 27.2 Å². The molecule has 4 aromatic rings. The monoisotopic (exact) mass is 498 g/mol. The first-order valence-corrected chi connectivity index (χ1v) is 10.0. The van der Waals surface area contributed by atoms with Crippen molar-refractivity contribution in [2.45, 2.75) is 19.6 Å². The summed E-state index contributed by atoms with van der Waals surface area (Å²) in [5.74, 6) is -3.54. The molecule has 1 aromatic carbocycles. The van der Waals surface area contributed by atoms with Crippen LogP contribution in [0.15, 0.2) is 30.6 Å². The lowest BCUT2D eigenvalue weighted by molar-refractivity contribution is -0.141. The van der Waals surface area contributed by atoms with Gasteiger partial charge in [-0.25, -0.2) is 19.3 Å². The highest BCUT2D eigenvalue weighted by atomic mass is 19.4. The van der Waals surface area contributed by atoms with E-state index in [9.17, 15) is 27.2 Å². The normalized spacial score (nSPS) is 11.4. The lowest BCUT2D eigenvalue weighted by Gasteiger charge is -2.16. The zero-order valence-electron chi connectivity index (χ0n) is 18.3. The number of nitriles is 1. The van der Waals surface area contributed by atoms with Gasteiger partial charge in [-0.2, -0.15) is 23.5 Å². The van der Waals surface area contributed by atoms with Gasteiger partial charge in [-0.1, -0.05) is 6.07 Å². The third kappa shape index (κ3) is 4.06. The van der Waals surface area contributed by atoms with Crippen LogP contribution < -0.4 is 11.5 Å². The molecule has 0 atom stereocenters. The van der Waals surface area contributed by atoms with Gasteiger partial charge >= 0.3 is 6.18 Å². The first kappa shape index (κ1) is 24.2. The Morgan fingerprint density at radius 1 is 1.11 bits per heavy atom. The number of carbonyl (C=O) groups is 2. The van der Waals surface area contributed by atoms with E-state index in [0.29, 0.717) is 0 Å². The summed E-state index contributed by atoms with van der Waals surface area (Å²) in [6.07, 6.45) is -2.72. The molecule has 0 aliphatic carbocycles. The van der Waals surface area contributed by atoms with Crippen molar-refractivity contribution in [3.63, 3.8) is 0 Å². The Bertz CT molecular complexity index is 1590. The number of benzene rings is 1. The van der Waals surface area contributed by atoms with E-state index in [0.717, 1.165) is 10.7 Å². The molecule has 2 amide bonds. The molecular weight excluding hydrogens is 484 g/mol. The van der Waals surface area contributed by atoms with Gasteiger partial charge in [0, 0.05) is 34.6 Å². The van der Waals surface area contributed by atoms with E-state index >= 15 is 0 Å². The number of hydrogen-bond acceptors (Lipinski definition) is 7. The van der Waals surface area contributed by atoms with Gasteiger partial charge in [0.15, 0.2) is 5.69 Å². The average Bonchev–Trinajstić information content (AvgIpc) is 3.14. The Hall–Kier alpha value is -4.93. The molecule has 4 N–H and O–H groups in total. The van der Waals surface area contributed by atoms with Crippen molar-refractivity contribution in [1.82, 2.24) is 24.7 Å². The van der Waals surface area contributed by atoms with E-state index in [1.807, 2.05) is 6.07 Å². The molecule has 0 unspecified atom stereocenters. The van der Waals surface area contributed by atoms with Gasteiger partial charge in [0.2, 0.25) is 5.91 Å². The molecule has 10 nitrogen and oxygen atoms in total. The molecule has 36 heavy (non-hydrogen) atoms. The highest BCUT2D eigenvalue weighted by Crippen LogP contribution is 2.42. The maximum absolute atomic E-state index is 14.8. The SMILES string of the molecule is Cc1c(-c2c(C(N)=O)nc3cccc(F)c3c2C(N)=O)c(C(F)(F)F)nn1Cc1ncc(C#N)cn1. The van der Waals surface area contributed by atoms with E-state index in [2.05, 4.69) is 20.1 Å². The molecule has 3 aromatic heterocycles. The van der Waals surface area contributed by atoms with Crippen LogP contribution in [0.4, 0.5) is 17.6 Å². The number of alkyl halides is 3. The van der Waals surface area contributed by atoms with Crippen LogP contribution in [0.3, 0.4) is 0 Å². The van der Waals surface area contributed by atoms with Crippen molar-refractivity contribution in [2.75, 3.05) is 0 Å². The minimum Gasteiger partial charge on any atom is -0.366 e. The number of amides is 2. The van der Waals surface area contributed by atoms with Crippen LogP contribution in [0.25, 0.3) is 22.0 Å². The molecule has 0 aliphatic rings. The number of nitrogens with zero attached hydrogens (tertiary/aromatic N) is 6. The second-order valence-corrected chi connectivity index (χ2v) is 7.54. The number of fused-ring (bicyclic) bond motifs is 1. The molecule has 3 heterocycles. The molecule has 182 valence electrons. The van der Waals surface area contributed by atoms with Crippen LogP contribution in [0.5, 0.6) is 0 Å². The van der Waals surface area contributed by atoms with Crippen LogP contribution in [0.1, 0.15) is 43.6 Å². The molecule has 0 bridgehead atoms. The summed E-state index contributed by atoms with van der Waals surface area (Å²) < 4.78 is 58.1. The van der Waals surface area contributed by atoms with Crippen LogP contribution in [-0.2, 0) is 12.7 Å². The number of halogens is 4. The minimum absolute atomic E-state index is 0.0211. The smallest absolute Gasteiger partial charge is 0.366 e. The van der Waals surface area contributed by atoms with Gasteiger partial charge in [0.1, 0.15) is 29.9 Å². The third-order valence-electron chi connectivity index (χ3n) is 5.29. The van der Waals surface area contributed by atoms with Crippen LogP contribution in [0, 0.1) is 24.1 Å². The first-order valence-electron chi connectivity index (χ1n) is 10.0. The van der Waals surface area contributed by atoms with E-state index in [-0.39, 0.29) is 29.1 Å². The van der Waals surface area contributed by atoms with E-state index in [1.165, 1.54) is 31.5 Å². The molecule has 0 spiro atoms. The zero-order chi connectivity index (χ0) is 26.4. The number of hydrogen-bond donors (Lipinski definition) is 2. The van der Waals surface area contributed by atoms with Crippen molar-refractivity contribution in [3.8, 4) is 17.2 Å². The molecule has 4 rings (SSSR count). The third-order valence-corrected chi connectivity index (χ3v) is 5.29. The van der Waals surface area contributed by atoms with E-state index in [4.69, 9.17) is 16.7 Å². The molecule has 0 aliphatic heterocycles. The lowest BCUT2D eigenvalue weighted by Crippen LogP contribution is -2.22. The fraction of sp³-hybridized carbons (Fsp3) is 0.136. The van der Waals surface area contributed by atoms with Crippen LogP contribution in [-0.4, -0.2) is 36.5 Å². The van der Waals surface area contributed by atoms with Crippen molar-refractivity contribution >= 4 is 22.7 Å². The van der Waals surface area contributed by atoms with E-state index < -0.39 is 57.3 Å². The van der Waals surface area contributed by atoms with Gasteiger partial charge in [0.05, 0.1) is 16.6 Å². The highest BCUT2D eigenvalue weighted by molar-refractivity contribution is 6.15. The van der Waals surface area contributed by atoms with Gasteiger partial charge in [-0.3, -0.25) is 14.3 Å². The fourth-order valence-corrected chi connectivity index (χ4v) is 3.77. The predicted octanol–water partition coefficient (Wildman–Crippen LogP) is 2.47. The summed E-state index contributed by atoms with van der Waals surface area (Å²) in [4.78, 5) is 36.6. The van der Waals surface area contributed by atoms with Gasteiger partial charge in [-0.15, -0.1) is 0 Å². The molecule has 0 saturated carbocycles. The number of primary amides is 2. The summed E-state index contributed by atoms with van der Waals surface area (Å²) in [7, 11) is 0. The average molecular weight is 498 g/mol. The largest absolute Gasteiger partial charge is 0.435 e. The number of carbonyl (C=O) groups excluding carboxylic acids is 2. The second kappa shape index (κ2) is 8.69. The maximum Gasteiger partial charge on any atom is 0.435 e. The summed E-state index contributed by atoms with van der Waals surface area (Å²) in [5, 5.41) is 12.0. The maximum atomic E-state index is 14.8. The Balaban J connectivity index is 2.09. The Morgan fingerprint density at radius 3 is 2.33 bits per heavy atom. The molecule has 0 saturated heterocycles. The summed E-state index contributed by atoms with van der Waals surface area (Å²) in [6, 6.07) is 5.27. The van der Waals surface area contributed by atoms with Crippen molar-refractivity contribution in [1.29, 1.82) is 5.26 Å². The molecular formula is C22H14F4N8O2. The van der Waals surface area contributed by atoms with Gasteiger partial charge in [0.25, 0.3) is 5.91 Å². The molecule has 0 radical (unpaired) electrons. The topological polar surface area (TPSA) is 166 Å². The first-order chi connectivity index (χ1) is 16.9. The molecule has 0 fully saturated rings. The quantitative estimate of drug-likeness (QED) is 0.399. The fourth-order valence-electron chi connectivity index (χ4n) is 3.77. The number of pyridine rings is 1. The standard InChI is InChI=1S/C22H14F4N8O2/c1-9-14(19(22(24,25)26)33-34(9)8-13-30-6-10(5-27)7-31-13)16-17(20(28)35)15-11(23)3-2-4-12(15)32-18(16)21(29)36/h2-4,6-7H,8H2,1H3,(H2,28,35)(H2,29,36). The Labute approximate surface area is 199 Å². The number of aromatic nitrogens is 5. The minimum atomic E-state index is -5.08. The Morgan fingerprint density at radius 2 is 1.78 bits per heavy atom. The number of nitrogens with two attached hydrogens (primary N) is 2. The summed E-state index contributed by atoms with van der Waals surface area (Å²) >= 11 is 0. The van der Waals surface area contributed by atoms with Crippen molar-refractivity contribution in [2.24, 2.45) is 11.5 Å². The van der Waals surface area contributed by atoms with E-state index in [1.54, 1.807) is 0 Å². The van der Waals surface area contributed by atoms with Crippen LogP contribution >= 0.6 is 0 Å². The predicted molar refractivity (Wildman–Crippen MR) is 116 cm³/mol. The summed E-state index contributed by atoms with van der Waals surface area (Å²) in [6.45, 7) is 0.871. The zero-order valence-corrected chi connectivity index (χ0v) is 18.3. The Kier molecular flexibility index (Phi) is 5.84. The van der Waals surface area contributed by atoms with Crippen molar-refractivity contribution in [3.05, 3.63) is 70.4 Å². The molecule has 14 heteroatoms. The summed E-state index contributed by atoms with van der Waals surface area (Å²) in [5.41, 5.74) is 6.32. The number of rotatable bonds is 5. The van der Waals surface area contributed by atoms with Gasteiger partial charge < -0.3 is 11.5 Å².